The molecule has 6 nitrogen and oxygen atoms in total. The van der Waals surface area contributed by atoms with Crippen molar-refractivity contribution in [3.05, 3.63) is 53.6 Å². The molecule has 0 bridgehead atoms. The number of pyridine rings is 1. The lowest BCUT2D eigenvalue weighted by Gasteiger charge is -2.29. The summed E-state index contributed by atoms with van der Waals surface area (Å²) in [6.07, 6.45) is 0. The molecule has 1 aliphatic rings. The van der Waals surface area contributed by atoms with E-state index in [4.69, 9.17) is 15.2 Å². The van der Waals surface area contributed by atoms with Gasteiger partial charge in [0.25, 0.3) is 0 Å². The number of esters is 1. The normalized spacial score (nSPS) is 14.0. The highest BCUT2D eigenvalue weighted by molar-refractivity contribution is 6.00. The number of nitrogens with zero attached hydrogens (tertiary/aromatic N) is 2. The van der Waals surface area contributed by atoms with E-state index in [9.17, 15) is 4.79 Å². The van der Waals surface area contributed by atoms with Crippen molar-refractivity contribution in [2.75, 3.05) is 44.0 Å². The molecule has 1 aromatic heterocycles. The van der Waals surface area contributed by atoms with Crippen molar-refractivity contribution in [2.24, 2.45) is 5.41 Å². The number of morpholine rings is 1. The molecule has 1 saturated heterocycles. The Labute approximate surface area is 194 Å². The summed E-state index contributed by atoms with van der Waals surface area (Å²) in [6.45, 7) is 9.05. The minimum Gasteiger partial charge on any atom is -0.465 e. The maximum Gasteiger partial charge on any atom is 0.338 e. The van der Waals surface area contributed by atoms with Gasteiger partial charge in [0.1, 0.15) is 5.82 Å². The van der Waals surface area contributed by atoms with Crippen LogP contribution in [0.3, 0.4) is 0 Å². The number of methoxy groups -OCH3 is 1. The Morgan fingerprint density at radius 2 is 1.91 bits per heavy atom. The van der Waals surface area contributed by atoms with Crippen molar-refractivity contribution in [3.63, 3.8) is 0 Å². The van der Waals surface area contributed by atoms with Gasteiger partial charge in [-0.25, -0.2) is 9.78 Å². The first-order valence-electron chi connectivity index (χ1n) is 11.0. The Morgan fingerprint density at radius 3 is 2.61 bits per heavy atom. The fourth-order valence-corrected chi connectivity index (χ4v) is 3.90. The highest BCUT2D eigenvalue weighted by Gasteiger charge is 2.19. The molecule has 2 heterocycles. The standard InChI is InChI=1S/C27H29N3O3/c1-27(2,3)11-10-18-6-5-7-21(26(31)32-4)24(18)19-8-9-22-20(16-19)17-23(25(28)29-22)30-12-14-33-15-13-30/h5-9,16-17H,12-15H2,1-4H3,(H2,28,29). The van der Waals surface area contributed by atoms with E-state index in [0.29, 0.717) is 24.6 Å². The van der Waals surface area contributed by atoms with Crippen molar-refractivity contribution in [2.45, 2.75) is 20.8 Å². The highest BCUT2D eigenvalue weighted by atomic mass is 16.5. The Balaban J connectivity index is 1.89. The van der Waals surface area contributed by atoms with Gasteiger partial charge >= 0.3 is 5.97 Å². The first-order chi connectivity index (χ1) is 15.8. The highest BCUT2D eigenvalue weighted by Crippen LogP contribution is 2.33. The largest absolute Gasteiger partial charge is 0.465 e. The topological polar surface area (TPSA) is 77.7 Å². The summed E-state index contributed by atoms with van der Waals surface area (Å²) in [6, 6.07) is 13.5. The quantitative estimate of drug-likeness (QED) is 0.474. The molecule has 0 radical (unpaired) electrons. The van der Waals surface area contributed by atoms with Gasteiger partial charge in [-0.2, -0.15) is 0 Å². The molecule has 0 atom stereocenters. The van der Waals surface area contributed by atoms with E-state index in [0.717, 1.165) is 46.4 Å². The predicted molar refractivity (Wildman–Crippen MR) is 132 cm³/mol. The second-order valence-corrected chi connectivity index (χ2v) is 9.12. The molecule has 0 saturated carbocycles. The number of benzene rings is 2. The van der Waals surface area contributed by atoms with Gasteiger partial charge < -0.3 is 20.1 Å². The number of anilines is 2. The maximum absolute atomic E-state index is 12.6. The van der Waals surface area contributed by atoms with Crippen LogP contribution in [0.5, 0.6) is 0 Å². The second kappa shape index (κ2) is 9.13. The Kier molecular flexibility index (Phi) is 6.26. The fraction of sp³-hybridized carbons (Fsp3) is 0.333. The van der Waals surface area contributed by atoms with E-state index in [1.54, 1.807) is 6.07 Å². The molecule has 3 aromatic rings. The molecule has 2 aromatic carbocycles. The summed E-state index contributed by atoms with van der Waals surface area (Å²) in [5, 5.41) is 0.942. The summed E-state index contributed by atoms with van der Waals surface area (Å²) in [5.74, 6) is 6.66. The zero-order valence-electron chi connectivity index (χ0n) is 19.6. The van der Waals surface area contributed by atoms with Crippen molar-refractivity contribution < 1.29 is 14.3 Å². The molecule has 2 N–H and O–H groups in total. The molecule has 170 valence electrons. The molecule has 1 fully saturated rings. The lowest BCUT2D eigenvalue weighted by Crippen LogP contribution is -2.36. The molecule has 1 aliphatic heterocycles. The summed E-state index contributed by atoms with van der Waals surface area (Å²) < 4.78 is 10.5. The van der Waals surface area contributed by atoms with Crippen LogP contribution in [-0.2, 0) is 9.47 Å². The minimum atomic E-state index is -0.394. The summed E-state index contributed by atoms with van der Waals surface area (Å²) in [7, 11) is 1.39. The summed E-state index contributed by atoms with van der Waals surface area (Å²) in [4.78, 5) is 19.4. The van der Waals surface area contributed by atoms with Crippen LogP contribution in [0, 0.1) is 17.3 Å². The number of aromatic nitrogens is 1. The van der Waals surface area contributed by atoms with Crippen LogP contribution in [-0.4, -0.2) is 44.4 Å². The predicted octanol–water partition coefficient (Wildman–Crippen LogP) is 4.50. The third kappa shape index (κ3) is 4.94. The fourth-order valence-electron chi connectivity index (χ4n) is 3.90. The number of rotatable bonds is 3. The van der Waals surface area contributed by atoms with Crippen LogP contribution in [0.15, 0.2) is 42.5 Å². The lowest BCUT2D eigenvalue weighted by molar-refractivity contribution is 0.0601. The van der Waals surface area contributed by atoms with E-state index in [2.05, 4.69) is 48.6 Å². The van der Waals surface area contributed by atoms with E-state index < -0.39 is 5.97 Å². The van der Waals surface area contributed by atoms with Crippen LogP contribution in [0.4, 0.5) is 11.5 Å². The van der Waals surface area contributed by atoms with Crippen LogP contribution in [0.1, 0.15) is 36.7 Å². The molecule has 0 spiro atoms. The van der Waals surface area contributed by atoms with Gasteiger partial charge in [0.05, 0.1) is 37.1 Å². The summed E-state index contributed by atoms with van der Waals surface area (Å²) in [5.41, 5.74) is 10.7. The first-order valence-corrected chi connectivity index (χ1v) is 11.0. The molecule has 0 aliphatic carbocycles. The molecular formula is C27H29N3O3. The Hall–Kier alpha value is -3.56. The number of carbonyl (C=O) groups excluding carboxylic acids is 1. The Bertz CT molecular complexity index is 1260. The van der Waals surface area contributed by atoms with Crippen molar-refractivity contribution >= 4 is 28.4 Å². The third-order valence-electron chi connectivity index (χ3n) is 5.51. The van der Waals surface area contributed by atoms with Crippen LogP contribution in [0.2, 0.25) is 0 Å². The average molecular weight is 444 g/mol. The molecule has 33 heavy (non-hydrogen) atoms. The number of hydrogen-bond donors (Lipinski definition) is 1. The van der Waals surface area contributed by atoms with Crippen molar-refractivity contribution in [1.29, 1.82) is 0 Å². The van der Waals surface area contributed by atoms with Gasteiger partial charge in [0, 0.05) is 35.0 Å². The van der Waals surface area contributed by atoms with Crippen molar-refractivity contribution in [3.8, 4) is 23.0 Å². The van der Waals surface area contributed by atoms with E-state index in [-0.39, 0.29) is 5.41 Å². The van der Waals surface area contributed by atoms with Crippen LogP contribution >= 0.6 is 0 Å². The minimum absolute atomic E-state index is 0.170. The molecule has 0 amide bonds. The van der Waals surface area contributed by atoms with Crippen molar-refractivity contribution in [1.82, 2.24) is 4.98 Å². The monoisotopic (exact) mass is 443 g/mol. The Morgan fingerprint density at radius 1 is 1.15 bits per heavy atom. The smallest absolute Gasteiger partial charge is 0.338 e. The molecule has 0 unspecified atom stereocenters. The SMILES string of the molecule is COC(=O)c1cccc(C#CC(C)(C)C)c1-c1ccc2nc(N)c(N3CCOCC3)cc2c1. The van der Waals surface area contributed by atoms with E-state index in [1.165, 1.54) is 7.11 Å². The summed E-state index contributed by atoms with van der Waals surface area (Å²) >= 11 is 0. The number of fused-ring (bicyclic) bond motifs is 1. The van der Waals surface area contributed by atoms with Gasteiger partial charge in [-0.3, -0.25) is 0 Å². The van der Waals surface area contributed by atoms with E-state index >= 15 is 0 Å². The molecule has 6 heteroatoms. The number of nitrogen functional groups attached to an aromatic ring is 1. The second-order valence-electron chi connectivity index (χ2n) is 9.12. The number of ether oxygens (including phenoxy) is 2. The van der Waals surface area contributed by atoms with Gasteiger partial charge in [-0.1, -0.05) is 24.0 Å². The third-order valence-corrected chi connectivity index (χ3v) is 5.51. The van der Waals surface area contributed by atoms with Gasteiger partial charge in [0.15, 0.2) is 0 Å². The van der Waals surface area contributed by atoms with Gasteiger partial charge in [-0.05, 0) is 56.7 Å². The number of carbonyl (C=O) groups is 1. The van der Waals surface area contributed by atoms with Crippen LogP contribution < -0.4 is 10.6 Å². The zero-order chi connectivity index (χ0) is 23.6. The van der Waals surface area contributed by atoms with Gasteiger partial charge in [-0.15, -0.1) is 0 Å². The molecular weight excluding hydrogens is 414 g/mol. The van der Waals surface area contributed by atoms with Crippen LogP contribution in [0.25, 0.3) is 22.0 Å². The average Bonchev–Trinajstić information content (AvgIpc) is 2.81. The number of nitrogens with two attached hydrogens (primary N) is 1. The zero-order valence-corrected chi connectivity index (χ0v) is 19.6. The van der Waals surface area contributed by atoms with Gasteiger partial charge in [0.2, 0.25) is 0 Å². The maximum atomic E-state index is 12.6. The number of hydrogen-bond acceptors (Lipinski definition) is 6. The van der Waals surface area contributed by atoms with E-state index in [1.807, 2.05) is 30.3 Å². The first kappa shape index (κ1) is 22.6. The molecule has 4 rings (SSSR count). The lowest BCUT2D eigenvalue weighted by atomic mass is 9.91.